The first-order valence-corrected chi connectivity index (χ1v) is 3.49. The van der Waals surface area contributed by atoms with E-state index in [9.17, 15) is 0 Å². The molecule has 0 unspecified atom stereocenters. The minimum absolute atomic E-state index is 0.507. The van der Waals surface area contributed by atoms with Crippen molar-refractivity contribution in [1.82, 2.24) is 10.3 Å². The van der Waals surface area contributed by atoms with Crippen LogP contribution in [-0.2, 0) is 13.1 Å². The maximum absolute atomic E-state index is 8.54. The van der Waals surface area contributed by atoms with Gasteiger partial charge in [-0.25, -0.2) is 4.98 Å². The zero-order chi connectivity index (χ0) is 7.68. The van der Waals surface area contributed by atoms with Gasteiger partial charge < -0.3 is 5.32 Å². The van der Waals surface area contributed by atoms with Gasteiger partial charge in [-0.3, -0.25) is 0 Å². The van der Waals surface area contributed by atoms with Crippen molar-refractivity contribution in [3.8, 4) is 6.07 Å². The summed E-state index contributed by atoms with van der Waals surface area (Å²) in [5.74, 6) is 0. The molecule has 1 aliphatic rings. The first-order valence-electron chi connectivity index (χ1n) is 3.49. The monoisotopic (exact) mass is 145 g/mol. The van der Waals surface area contributed by atoms with E-state index >= 15 is 0 Å². The van der Waals surface area contributed by atoms with Crippen molar-refractivity contribution in [1.29, 1.82) is 5.26 Å². The molecule has 0 aromatic carbocycles. The topological polar surface area (TPSA) is 48.7 Å². The number of nitrogens with zero attached hydrogens (tertiary/aromatic N) is 2. The molecule has 1 aliphatic heterocycles. The number of aromatic nitrogens is 1. The predicted octanol–water partition coefficient (Wildman–Crippen LogP) is 0.556. The number of pyridine rings is 1. The molecule has 2 rings (SSSR count). The molecule has 3 heteroatoms. The van der Waals surface area contributed by atoms with E-state index in [1.807, 2.05) is 12.1 Å². The fraction of sp³-hybridized carbons (Fsp3) is 0.250. The zero-order valence-electron chi connectivity index (χ0n) is 5.96. The van der Waals surface area contributed by atoms with E-state index in [2.05, 4.69) is 10.3 Å². The van der Waals surface area contributed by atoms with Crippen LogP contribution in [0.15, 0.2) is 12.3 Å². The molecule has 0 bridgehead atoms. The SMILES string of the molecule is N#Cc1cc2c(cn1)CNC2. The van der Waals surface area contributed by atoms with Crippen molar-refractivity contribution in [2.45, 2.75) is 13.1 Å². The largest absolute Gasteiger partial charge is 0.309 e. The molecule has 3 nitrogen and oxygen atoms in total. The fourth-order valence-electron chi connectivity index (χ4n) is 1.24. The second-order valence-corrected chi connectivity index (χ2v) is 2.55. The Morgan fingerprint density at radius 3 is 3.09 bits per heavy atom. The van der Waals surface area contributed by atoms with E-state index in [1.165, 1.54) is 11.1 Å². The quantitative estimate of drug-likeness (QED) is 0.580. The van der Waals surface area contributed by atoms with Crippen LogP contribution in [0.4, 0.5) is 0 Å². The highest BCUT2D eigenvalue weighted by Crippen LogP contribution is 2.13. The smallest absolute Gasteiger partial charge is 0.140 e. The molecule has 0 atom stereocenters. The minimum Gasteiger partial charge on any atom is -0.309 e. The van der Waals surface area contributed by atoms with Crippen LogP contribution in [0.1, 0.15) is 16.8 Å². The second-order valence-electron chi connectivity index (χ2n) is 2.55. The Hall–Kier alpha value is -1.40. The minimum atomic E-state index is 0.507. The highest BCUT2D eigenvalue weighted by atomic mass is 14.9. The van der Waals surface area contributed by atoms with Gasteiger partial charge in [0, 0.05) is 19.3 Å². The fourth-order valence-corrected chi connectivity index (χ4v) is 1.24. The summed E-state index contributed by atoms with van der Waals surface area (Å²) >= 11 is 0. The number of nitriles is 1. The molecule has 1 aromatic rings. The number of nitrogens with one attached hydrogen (secondary N) is 1. The van der Waals surface area contributed by atoms with E-state index in [-0.39, 0.29) is 0 Å². The van der Waals surface area contributed by atoms with Gasteiger partial charge in [0.25, 0.3) is 0 Å². The maximum Gasteiger partial charge on any atom is 0.140 e. The van der Waals surface area contributed by atoms with Crippen LogP contribution >= 0.6 is 0 Å². The lowest BCUT2D eigenvalue weighted by molar-refractivity contribution is 0.764. The maximum atomic E-state index is 8.54. The normalized spacial score (nSPS) is 14.1. The first-order chi connectivity index (χ1) is 5.40. The van der Waals surface area contributed by atoms with Gasteiger partial charge in [0.2, 0.25) is 0 Å². The summed E-state index contributed by atoms with van der Waals surface area (Å²) in [7, 11) is 0. The molecule has 0 aliphatic carbocycles. The molecule has 1 aromatic heterocycles. The van der Waals surface area contributed by atoms with Crippen molar-refractivity contribution >= 4 is 0 Å². The summed E-state index contributed by atoms with van der Waals surface area (Å²) in [4.78, 5) is 3.97. The summed E-state index contributed by atoms with van der Waals surface area (Å²) in [6, 6.07) is 3.86. The summed E-state index contributed by atoms with van der Waals surface area (Å²) in [6.45, 7) is 1.75. The van der Waals surface area contributed by atoms with Crippen LogP contribution in [0.25, 0.3) is 0 Å². The summed E-state index contributed by atoms with van der Waals surface area (Å²) in [6.07, 6.45) is 1.77. The number of fused-ring (bicyclic) bond motifs is 1. The standard InChI is InChI=1S/C8H7N3/c9-2-8-1-6-3-10-4-7(6)5-11-8/h1,5,10H,3-4H2. The van der Waals surface area contributed by atoms with Crippen molar-refractivity contribution in [2.24, 2.45) is 0 Å². The molecular formula is C8H7N3. The van der Waals surface area contributed by atoms with Gasteiger partial charge in [0.1, 0.15) is 11.8 Å². The third-order valence-electron chi connectivity index (χ3n) is 1.83. The number of hydrogen-bond acceptors (Lipinski definition) is 3. The predicted molar refractivity (Wildman–Crippen MR) is 39.5 cm³/mol. The van der Waals surface area contributed by atoms with Gasteiger partial charge in [-0.2, -0.15) is 5.26 Å². The Balaban J connectivity index is 2.51. The molecule has 2 heterocycles. The Morgan fingerprint density at radius 1 is 1.45 bits per heavy atom. The van der Waals surface area contributed by atoms with Crippen LogP contribution in [0.2, 0.25) is 0 Å². The van der Waals surface area contributed by atoms with Gasteiger partial charge in [-0.1, -0.05) is 0 Å². The van der Waals surface area contributed by atoms with Crippen molar-refractivity contribution in [3.63, 3.8) is 0 Å². The van der Waals surface area contributed by atoms with E-state index in [0.29, 0.717) is 5.69 Å². The summed E-state index contributed by atoms with van der Waals surface area (Å²) in [5.41, 5.74) is 2.92. The summed E-state index contributed by atoms with van der Waals surface area (Å²) < 4.78 is 0. The van der Waals surface area contributed by atoms with Gasteiger partial charge in [-0.05, 0) is 17.2 Å². The average Bonchev–Trinajstić information content (AvgIpc) is 2.50. The Labute approximate surface area is 64.7 Å². The Bertz CT molecular complexity index is 325. The van der Waals surface area contributed by atoms with Crippen LogP contribution in [0.5, 0.6) is 0 Å². The lowest BCUT2D eigenvalue weighted by atomic mass is 10.1. The molecule has 0 spiro atoms. The highest BCUT2D eigenvalue weighted by molar-refractivity contribution is 5.33. The average molecular weight is 145 g/mol. The first kappa shape index (κ1) is 6.32. The van der Waals surface area contributed by atoms with Crippen molar-refractivity contribution < 1.29 is 0 Å². The zero-order valence-corrected chi connectivity index (χ0v) is 5.96. The van der Waals surface area contributed by atoms with Crippen molar-refractivity contribution in [2.75, 3.05) is 0 Å². The van der Waals surface area contributed by atoms with Crippen molar-refractivity contribution in [3.05, 3.63) is 29.1 Å². The molecular weight excluding hydrogens is 138 g/mol. The Morgan fingerprint density at radius 2 is 2.27 bits per heavy atom. The lowest BCUT2D eigenvalue weighted by Crippen LogP contribution is -1.99. The van der Waals surface area contributed by atoms with Crippen LogP contribution < -0.4 is 5.32 Å². The van der Waals surface area contributed by atoms with Gasteiger partial charge >= 0.3 is 0 Å². The second kappa shape index (κ2) is 2.33. The molecule has 0 fully saturated rings. The van der Waals surface area contributed by atoms with E-state index < -0.39 is 0 Å². The summed E-state index contributed by atoms with van der Waals surface area (Å²) in [5, 5.41) is 11.7. The molecule has 0 amide bonds. The molecule has 54 valence electrons. The number of hydrogen-bond donors (Lipinski definition) is 1. The van der Waals surface area contributed by atoms with Gasteiger partial charge in [0.05, 0.1) is 0 Å². The molecule has 0 saturated heterocycles. The Kier molecular flexibility index (Phi) is 1.34. The van der Waals surface area contributed by atoms with Gasteiger partial charge in [-0.15, -0.1) is 0 Å². The van der Waals surface area contributed by atoms with Crippen LogP contribution in [-0.4, -0.2) is 4.98 Å². The molecule has 1 N–H and O–H groups in total. The van der Waals surface area contributed by atoms with E-state index in [4.69, 9.17) is 5.26 Å². The van der Waals surface area contributed by atoms with Gasteiger partial charge in [0.15, 0.2) is 0 Å². The molecule has 0 saturated carbocycles. The van der Waals surface area contributed by atoms with Crippen LogP contribution in [0, 0.1) is 11.3 Å². The van der Waals surface area contributed by atoms with E-state index in [1.54, 1.807) is 6.20 Å². The van der Waals surface area contributed by atoms with Crippen LogP contribution in [0.3, 0.4) is 0 Å². The molecule has 11 heavy (non-hydrogen) atoms. The van der Waals surface area contributed by atoms with E-state index in [0.717, 1.165) is 13.1 Å². The number of rotatable bonds is 0. The third-order valence-corrected chi connectivity index (χ3v) is 1.83. The lowest BCUT2D eigenvalue weighted by Gasteiger charge is -1.94. The molecule has 0 radical (unpaired) electrons. The highest BCUT2D eigenvalue weighted by Gasteiger charge is 2.09. The third kappa shape index (κ3) is 0.975.